The number of carbonyl (C=O) groups is 3. The third-order valence-corrected chi connectivity index (χ3v) is 7.33. The number of thiophene rings is 1. The number of sulfone groups is 1. The molecule has 160 valence electrons. The zero-order chi connectivity index (χ0) is 21.9. The number of esters is 1. The van der Waals surface area contributed by atoms with Gasteiger partial charge < -0.3 is 15.0 Å². The molecule has 0 unspecified atom stereocenters. The van der Waals surface area contributed by atoms with E-state index in [-0.39, 0.29) is 22.2 Å². The number of anilines is 1. The van der Waals surface area contributed by atoms with Gasteiger partial charge in [-0.2, -0.15) is 0 Å². The Morgan fingerprint density at radius 1 is 1.20 bits per heavy atom. The molecular weight excluding hydrogens is 428 g/mol. The quantitative estimate of drug-likeness (QED) is 0.674. The van der Waals surface area contributed by atoms with Crippen LogP contribution in [0, 0.1) is 0 Å². The molecule has 0 spiro atoms. The minimum Gasteiger partial charge on any atom is -0.465 e. The number of hydrogen-bond donors (Lipinski definition) is 1. The van der Waals surface area contributed by atoms with E-state index in [0.29, 0.717) is 25.1 Å². The Kier molecular flexibility index (Phi) is 6.57. The Morgan fingerprint density at radius 2 is 1.90 bits per heavy atom. The number of hydrogen-bond acceptors (Lipinski definition) is 7. The van der Waals surface area contributed by atoms with E-state index < -0.39 is 27.5 Å². The van der Waals surface area contributed by atoms with Crippen LogP contribution >= 0.6 is 11.3 Å². The average Bonchev–Trinajstić information content (AvgIpc) is 3.03. The summed E-state index contributed by atoms with van der Waals surface area (Å²) in [7, 11) is -2.45. The van der Waals surface area contributed by atoms with Crippen LogP contribution in [0.4, 0.5) is 5.00 Å². The number of rotatable bonds is 6. The van der Waals surface area contributed by atoms with Crippen molar-refractivity contribution in [1.29, 1.82) is 0 Å². The van der Waals surface area contributed by atoms with Gasteiger partial charge in [0.25, 0.3) is 0 Å². The predicted octanol–water partition coefficient (Wildman–Crippen LogP) is 1.99. The maximum absolute atomic E-state index is 12.5. The van der Waals surface area contributed by atoms with E-state index in [1.54, 1.807) is 35.2 Å². The number of nitrogens with one attached hydrogen (secondary N) is 1. The third kappa shape index (κ3) is 5.06. The highest BCUT2D eigenvalue weighted by Gasteiger charge is 2.30. The molecule has 0 bridgehead atoms. The summed E-state index contributed by atoms with van der Waals surface area (Å²) in [5.74, 6) is -2.36. The number of carbonyl (C=O) groups excluding carboxylic acids is 3. The van der Waals surface area contributed by atoms with Crippen LogP contribution in [-0.4, -0.2) is 50.5 Å². The molecule has 2 amide bonds. The Labute approximate surface area is 178 Å². The molecule has 1 N–H and O–H groups in total. The second kappa shape index (κ2) is 8.97. The summed E-state index contributed by atoms with van der Waals surface area (Å²) >= 11 is 1.16. The van der Waals surface area contributed by atoms with Gasteiger partial charge in [0.1, 0.15) is 10.8 Å². The summed E-state index contributed by atoms with van der Waals surface area (Å²) in [5.41, 5.74) is 1.55. The number of nitrogens with zero attached hydrogens (tertiary/aromatic N) is 1. The van der Waals surface area contributed by atoms with Gasteiger partial charge >= 0.3 is 5.97 Å². The van der Waals surface area contributed by atoms with Gasteiger partial charge in [0, 0.05) is 18.3 Å². The molecule has 1 aromatic carbocycles. The second-order valence-electron chi connectivity index (χ2n) is 6.96. The maximum Gasteiger partial charge on any atom is 0.341 e. The fraction of sp³-hybridized carbons (Fsp3) is 0.350. The summed E-state index contributed by atoms with van der Waals surface area (Å²) in [4.78, 5) is 38.9. The number of benzene rings is 1. The van der Waals surface area contributed by atoms with Crippen LogP contribution in [0.1, 0.15) is 33.3 Å². The van der Waals surface area contributed by atoms with E-state index in [1.807, 2.05) is 0 Å². The van der Waals surface area contributed by atoms with E-state index in [4.69, 9.17) is 4.74 Å². The minimum atomic E-state index is -3.69. The lowest BCUT2D eigenvalue weighted by molar-refractivity contribution is -0.129. The highest BCUT2D eigenvalue weighted by atomic mass is 32.2. The fourth-order valence-corrected chi connectivity index (χ4v) is 5.86. The van der Waals surface area contributed by atoms with Crippen molar-refractivity contribution in [3.63, 3.8) is 0 Å². The van der Waals surface area contributed by atoms with Crippen molar-refractivity contribution in [2.45, 2.75) is 25.6 Å². The lowest BCUT2D eigenvalue weighted by Gasteiger charge is -2.25. The van der Waals surface area contributed by atoms with Crippen molar-refractivity contribution in [3.05, 3.63) is 51.9 Å². The Balaban J connectivity index is 1.79. The smallest absolute Gasteiger partial charge is 0.341 e. The third-order valence-electron chi connectivity index (χ3n) is 4.73. The zero-order valence-electron chi connectivity index (χ0n) is 16.6. The standard InChI is InChI=1S/C20H22N2O6S2/c1-13(23)22-9-8-15-16(10-22)29-19(18(15)20(25)28-2)21-17(24)12-30(26,27)11-14-6-4-3-5-7-14/h3-7H,8-12H2,1-2H3,(H,21,24). The van der Waals surface area contributed by atoms with Gasteiger partial charge in [0.15, 0.2) is 9.84 Å². The average molecular weight is 451 g/mol. The summed E-state index contributed by atoms with van der Waals surface area (Å²) < 4.78 is 29.6. The van der Waals surface area contributed by atoms with Crippen molar-refractivity contribution < 1.29 is 27.5 Å². The number of methoxy groups -OCH3 is 1. The maximum atomic E-state index is 12.5. The molecule has 0 radical (unpaired) electrons. The van der Waals surface area contributed by atoms with E-state index in [1.165, 1.54) is 14.0 Å². The van der Waals surface area contributed by atoms with Gasteiger partial charge in [0.05, 0.1) is 25.0 Å². The first kappa shape index (κ1) is 22.0. The fourth-order valence-electron chi connectivity index (χ4n) is 3.32. The van der Waals surface area contributed by atoms with Crippen molar-refractivity contribution >= 4 is 44.0 Å². The molecule has 1 aliphatic heterocycles. The summed E-state index contributed by atoms with van der Waals surface area (Å²) in [6, 6.07) is 8.60. The number of fused-ring (bicyclic) bond motifs is 1. The van der Waals surface area contributed by atoms with Crippen LogP contribution in [0.2, 0.25) is 0 Å². The Bertz CT molecular complexity index is 1080. The van der Waals surface area contributed by atoms with Crippen LogP contribution in [0.15, 0.2) is 30.3 Å². The Morgan fingerprint density at radius 3 is 2.53 bits per heavy atom. The van der Waals surface area contributed by atoms with E-state index >= 15 is 0 Å². The van der Waals surface area contributed by atoms with Gasteiger partial charge in [-0.1, -0.05) is 30.3 Å². The first-order chi connectivity index (χ1) is 14.2. The van der Waals surface area contributed by atoms with Gasteiger partial charge in [-0.3, -0.25) is 9.59 Å². The predicted molar refractivity (Wildman–Crippen MR) is 113 cm³/mol. The molecule has 0 saturated carbocycles. The first-order valence-electron chi connectivity index (χ1n) is 9.22. The molecule has 10 heteroatoms. The van der Waals surface area contributed by atoms with Gasteiger partial charge in [-0.25, -0.2) is 13.2 Å². The molecular formula is C20H22N2O6S2. The molecule has 1 aromatic heterocycles. The SMILES string of the molecule is COC(=O)c1c(NC(=O)CS(=O)(=O)Cc2ccccc2)sc2c1CCN(C(C)=O)C2. The highest BCUT2D eigenvalue weighted by Crippen LogP contribution is 2.37. The summed E-state index contributed by atoms with van der Waals surface area (Å²) in [5, 5.41) is 2.81. The topological polar surface area (TPSA) is 110 Å². The van der Waals surface area contributed by atoms with Crippen LogP contribution in [0.25, 0.3) is 0 Å². The van der Waals surface area contributed by atoms with Crippen molar-refractivity contribution in [2.75, 3.05) is 24.7 Å². The monoisotopic (exact) mass is 450 g/mol. The van der Waals surface area contributed by atoms with Crippen LogP contribution < -0.4 is 5.32 Å². The summed E-state index contributed by atoms with van der Waals surface area (Å²) in [6.07, 6.45) is 0.456. The van der Waals surface area contributed by atoms with Crippen molar-refractivity contribution in [2.24, 2.45) is 0 Å². The lowest BCUT2D eigenvalue weighted by atomic mass is 10.0. The molecule has 0 atom stereocenters. The van der Waals surface area contributed by atoms with Crippen molar-refractivity contribution in [3.8, 4) is 0 Å². The second-order valence-corrected chi connectivity index (χ2v) is 10.1. The highest BCUT2D eigenvalue weighted by molar-refractivity contribution is 7.91. The molecule has 1 aliphatic rings. The molecule has 2 heterocycles. The molecule has 3 rings (SSSR count). The molecule has 30 heavy (non-hydrogen) atoms. The molecule has 0 aliphatic carbocycles. The zero-order valence-corrected chi connectivity index (χ0v) is 18.3. The number of ether oxygens (including phenoxy) is 1. The summed E-state index contributed by atoms with van der Waals surface area (Å²) in [6.45, 7) is 2.27. The van der Waals surface area contributed by atoms with Crippen molar-refractivity contribution in [1.82, 2.24) is 4.90 Å². The van der Waals surface area contributed by atoms with E-state index in [0.717, 1.165) is 21.8 Å². The van der Waals surface area contributed by atoms with Crippen LogP contribution in [0.5, 0.6) is 0 Å². The minimum absolute atomic E-state index is 0.0775. The van der Waals surface area contributed by atoms with Crippen LogP contribution in [-0.2, 0) is 42.9 Å². The first-order valence-corrected chi connectivity index (χ1v) is 11.9. The Hall–Kier alpha value is -2.72. The van der Waals surface area contributed by atoms with Gasteiger partial charge in [0.2, 0.25) is 11.8 Å². The van der Waals surface area contributed by atoms with Gasteiger partial charge in [-0.05, 0) is 17.5 Å². The molecule has 2 aromatic rings. The number of amides is 2. The van der Waals surface area contributed by atoms with Crippen LogP contribution in [0.3, 0.4) is 0 Å². The molecule has 8 nitrogen and oxygen atoms in total. The molecule has 0 saturated heterocycles. The lowest BCUT2D eigenvalue weighted by Crippen LogP contribution is -2.33. The largest absolute Gasteiger partial charge is 0.465 e. The van der Waals surface area contributed by atoms with Gasteiger partial charge in [-0.15, -0.1) is 11.3 Å². The molecule has 0 fully saturated rings. The normalized spacial score (nSPS) is 13.5. The van der Waals surface area contributed by atoms with E-state index in [9.17, 15) is 22.8 Å². The van der Waals surface area contributed by atoms with E-state index in [2.05, 4.69) is 5.32 Å².